The van der Waals surface area contributed by atoms with Gasteiger partial charge in [-0.05, 0) is 13.3 Å². The van der Waals surface area contributed by atoms with Gasteiger partial charge in [0.05, 0.1) is 12.6 Å². The van der Waals surface area contributed by atoms with Gasteiger partial charge in [0, 0.05) is 11.8 Å². The number of nitrogens with one attached hydrogen (secondary N) is 1. The Morgan fingerprint density at radius 3 is 3.06 bits per heavy atom. The van der Waals surface area contributed by atoms with Crippen molar-refractivity contribution in [3.63, 3.8) is 0 Å². The molecule has 0 aliphatic rings. The highest BCUT2D eigenvalue weighted by molar-refractivity contribution is 5.45. The second kappa shape index (κ2) is 4.44. The highest BCUT2D eigenvalue weighted by Gasteiger charge is 2.09. The summed E-state index contributed by atoms with van der Waals surface area (Å²) in [6.07, 6.45) is 2.31. The zero-order chi connectivity index (χ0) is 11.5. The van der Waals surface area contributed by atoms with E-state index >= 15 is 0 Å². The highest BCUT2D eigenvalue weighted by atomic mass is 16.3. The molecule has 0 fully saturated rings. The van der Waals surface area contributed by atoms with Gasteiger partial charge in [-0.15, -0.1) is 0 Å². The van der Waals surface area contributed by atoms with Crippen LogP contribution in [0.25, 0.3) is 5.78 Å². The van der Waals surface area contributed by atoms with Crippen LogP contribution in [0.5, 0.6) is 0 Å². The molecule has 0 radical (unpaired) electrons. The third kappa shape index (κ3) is 1.96. The number of rotatable bonds is 4. The van der Waals surface area contributed by atoms with Crippen LogP contribution in [0, 0.1) is 6.92 Å². The van der Waals surface area contributed by atoms with Gasteiger partial charge in [0.2, 0.25) is 0 Å². The van der Waals surface area contributed by atoms with E-state index < -0.39 is 0 Å². The molecular formula is C10H15N5O. The van der Waals surface area contributed by atoms with Gasteiger partial charge >= 0.3 is 0 Å². The number of hydrogen-bond donors (Lipinski definition) is 2. The molecule has 0 saturated heterocycles. The summed E-state index contributed by atoms with van der Waals surface area (Å²) in [6.45, 7) is 4.01. The lowest BCUT2D eigenvalue weighted by Crippen LogP contribution is -2.24. The minimum atomic E-state index is 0.0224. The van der Waals surface area contributed by atoms with Crippen molar-refractivity contribution in [1.29, 1.82) is 0 Å². The Hall–Kier alpha value is -1.69. The van der Waals surface area contributed by atoms with Crippen molar-refractivity contribution in [2.75, 3.05) is 11.9 Å². The van der Waals surface area contributed by atoms with Crippen molar-refractivity contribution in [2.24, 2.45) is 0 Å². The number of anilines is 1. The Morgan fingerprint density at radius 2 is 2.38 bits per heavy atom. The standard InChI is InChI=1S/C10H15N5O/c1-3-8(5-16)14-9-4-7(2)13-10-11-6-12-15(9)10/h4,6,8,14,16H,3,5H2,1-2H3/t8-/m1/s1. The summed E-state index contributed by atoms with van der Waals surface area (Å²) in [5, 5.41) is 16.5. The topological polar surface area (TPSA) is 75.3 Å². The maximum Gasteiger partial charge on any atom is 0.254 e. The van der Waals surface area contributed by atoms with Crippen LogP contribution in [0.3, 0.4) is 0 Å². The molecule has 2 aromatic rings. The van der Waals surface area contributed by atoms with Gasteiger partial charge in [-0.3, -0.25) is 0 Å². The summed E-state index contributed by atoms with van der Waals surface area (Å²) in [7, 11) is 0. The number of aliphatic hydroxyl groups is 1. The highest BCUT2D eigenvalue weighted by Crippen LogP contribution is 2.12. The molecule has 86 valence electrons. The summed E-state index contributed by atoms with van der Waals surface area (Å²) in [5.41, 5.74) is 0.871. The number of aryl methyl sites for hydroxylation is 1. The van der Waals surface area contributed by atoms with E-state index in [-0.39, 0.29) is 12.6 Å². The fourth-order valence-corrected chi connectivity index (χ4v) is 1.52. The Balaban J connectivity index is 2.38. The predicted octanol–water partition coefficient (Wildman–Crippen LogP) is 0.616. The lowest BCUT2D eigenvalue weighted by atomic mass is 10.2. The van der Waals surface area contributed by atoms with E-state index in [9.17, 15) is 0 Å². The summed E-state index contributed by atoms with van der Waals surface area (Å²) in [4.78, 5) is 8.28. The maximum atomic E-state index is 9.16. The number of aliphatic hydroxyl groups excluding tert-OH is 1. The smallest absolute Gasteiger partial charge is 0.254 e. The molecule has 0 spiro atoms. The molecular weight excluding hydrogens is 206 g/mol. The summed E-state index contributed by atoms with van der Waals surface area (Å²) >= 11 is 0. The van der Waals surface area contributed by atoms with Crippen molar-refractivity contribution >= 4 is 11.6 Å². The maximum absolute atomic E-state index is 9.16. The van der Waals surface area contributed by atoms with Gasteiger partial charge in [0.25, 0.3) is 5.78 Å². The molecule has 0 aromatic carbocycles. The Morgan fingerprint density at radius 1 is 1.56 bits per heavy atom. The van der Waals surface area contributed by atoms with Crippen molar-refractivity contribution in [3.05, 3.63) is 18.1 Å². The van der Waals surface area contributed by atoms with Crippen molar-refractivity contribution < 1.29 is 5.11 Å². The quantitative estimate of drug-likeness (QED) is 0.791. The van der Waals surface area contributed by atoms with Crippen molar-refractivity contribution in [1.82, 2.24) is 19.6 Å². The van der Waals surface area contributed by atoms with Crippen LogP contribution in [-0.2, 0) is 0 Å². The van der Waals surface area contributed by atoms with Crippen LogP contribution >= 0.6 is 0 Å². The van der Waals surface area contributed by atoms with Crippen LogP contribution in [0.4, 0.5) is 5.82 Å². The van der Waals surface area contributed by atoms with Gasteiger partial charge in [0.15, 0.2) is 0 Å². The molecule has 2 aromatic heterocycles. The van der Waals surface area contributed by atoms with E-state index in [4.69, 9.17) is 5.11 Å². The molecule has 16 heavy (non-hydrogen) atoms. The van der Waals surface area contributed by atoms with E-state index in [2.05, 4.69) is 20.4 Å². The third-order valence-electron chi connectivity index (χ3n) is 2.45. The van der Waals surface area contributed by atoms with Crippen LogP contribution in [0.1, 0.15) is 19.0 Å². The molecule has 0 aliphatic heterocycles. The zero-order valence-electron chi connectivity index (χ0n) is 9.38. The molecule has 0 aliphatic carbocycles. The molecule has 6 nitrogen and oxygen atoms in total. The third-order valence-corrected chi connectivity index (χ3v) is 2.45. The second-order valence-corrected chi connectivity index (χ2v) is 3.69. The minimum absolute atomic E-state index is 0.0224. The Labute approximate surface area is 93.3 Å². The van der Waals surface area contributed by atoms with Gasteiger partial charge in [0.1, 0.15) is 12.1 Å². The molecule has 0 amide bonds. The molecule has 1 atom stereocenters. The monoisotopic (exact) mass is 221 g/mol. The first kappa shape index (κ1) is 10.8. The number of nitrogens with zero attached hydrogens (tertiary/aromatic N) is 4. The molecule has 0 saturated carbocycles. The average molecular weight is 221 g/mol. The fraction of sp³-hybridized carbons (Fsp3) is 0.500. The lowest BCUT2D eigenvalue weighted by molar-refractivity contribution is 0.271. The van der Waals surface area contributed by atoms with Crippen LogP contribution < -0.4 is 5.32 Å². The summed E-state index contributed by atoms with van der Waals surface area (Å²) in [6, 6.07) is 1.91. The Bertz CT molecular complexity index is 477. The van der Waals surface area contributed by atoms with Crippen molar-refractivity contribution in [2.45, 2.75) is 26.3 Å². The SMILES string of the molecule is CC[C@H](CO)Nc1cc(C)nc2ncnn12. The molecule has 6 heteroatoms. The van der Waals surface area contributed by atoms with Crippen LogP contribution in [-0.4, -0.2) is 37.3 Å². The molecule has 2 N–H and O–H groups in total. The van der Waals surface area contributed by atoms with Gasteiger partial charge < -0.3 is 10.4 Å². The molecule has 0 unspecified atom stereocenters. The first-order valence-electron chi connectivity index (χ1n) is 5.29. The van der Waals surface area contributed by atoms with E-state index in [1.165, 1.54) is 6.33 Å². The first-order valence-corrected chi connectivity index (χ1v) is 5.29. The second-order valence-electron chi connectivity index (χ2n) is 3.69. The minimum Gasteiger partial charge on any atom is -0.394 e. The van der Waals surface area contributed by atoms with Gasteiger partial charge in [-0.1, -0.05) is 6.92 Å². The molecule has 2 rings (SSSR count). The average Bonchev–Trinajstić information content (AvgIpc) is 2.73. The zero-order valence-corrected chi connectivity index (χ0v) is 9.38. The largest absolute Gasteiger partial charge is 0.394 e. The van der Waals surface area contributed by atoms with Gasteiger partial charge in [-0.25, -0.2) is 4.98 Å². The summed E-state index contributed by atoms with van der Waals surface area (Å²) < 4.78 is 1.63. The first-order chi connectivity index (χ1) is 7.74. The van der Waals surface area contributed by atoms with E-state index in [0.29, 0.717) is 5.78 Å². The predicted molar refractivity (Wildman–Crippen MR) is 60.3 cm³/mol. The normalized spacial score (nSPS) is 12.9. The molecule has 0 bridgehead atoms. The Kier molecular flexibility index (Phi) is 3.00. The van der Waals surface area contributed by atoms with E-state index in [1.807, 2.05) is 19.9 Å². The number of fused-ring (bicyclic) bond motifs is 1. The summed E-state index contributed by atoms with van der Waals surface area (Å²) in [5.74, 6) is 1.37. The van der Waals surface area contributed by atoms with E-state index in [0.717, 1.165) is 17.9 Å². The van der Waals surface area contributed by atoms with Crippen molar-refractivity contribution in [3.8, 4) is 0 Å². The molecule has 2 heterocycles. The number of aromatic nitrogens is 4. The van der Waals surface area contributed by atoms with Gasteiger partial charge in [-0.2, -0.15) is 14.6 Å². The number of hydrogen-bond acceptors (Lipinski definition) is 5. The van der Waals surface area contributed by atoms with Crippen LogP contribution in [0.2, 0.25) is 0 Å². The van der Waals surface area contributed by atoms with Crippen LogP contribution in [0.15, 0.2) is 12.4 Å². The fourth-order valence-electron chi connectivity index (χ4n) is 1.52. The van der Waals surface area contributed by atoms with E-state index in [1.54, 1.807) is 4.52 Å². The lowest BCUT2D eigenvalue weighted by Gasteiger charge is -2.16.